The predicted octanol–water partition coefficient (Wildman–Crippen LogP) is 4.18. The second kappa shape index (κ2) is 4.78. The van der Waals surface area contributed by atoms with Crippen LogP contribution in [-0.2, 0) is 0 Å². The first-order valence-corrected chi connectivity index (χ1v) is 5.61. The number of phenols is 1. The van der Waals surface area contributed by atoms with Gasteiger partial charge in [-0.25, -0.2) is 0 Å². The van der Waals surface area contributed by atoms with Gasteiger partial charge in [0.05, 0.1) is 15.6 Å². The number of hydrogen-bond acceptors (Lipinski definition) is 2. The first-order chi connectivity index (χ1) is 8.13. The van der Waals surface area contributed by atoms with Crippen LogP contribution >= 0.6 is 23.2 Å². The molecule has 0 aliphatic heterocycles. The van der Waals surface area contributed by atoms with Crippen molar-refractivity contribution in [1.82, 2.24) is 0 Å². The highest BCUT2D eigenvalue weighted by Crippen LogP contribution is 2.34. The van der Waals surface area contributed by atoms with Crippen molar-refractivity contribution in [1.29, 1.82) is 0 Å². The molecule has 17 heavy (non-hydrogen) atoms. The monoisotopic (exact) mass is 266 g/mol. The Kier molecular flexibility index (Phi) is 3.36. The number of carbonyl (C=O) groups excluding carboxylic acids is 1. The third-order valence-corrected chi connectivity index (χ3v) is 3.14. The van der Waals surface area contributed by atoms with E-state index in [1.807, 2.05) is 0 Å². The molecule has 0 fully saturated rings. The number of phenolic OH excluding ortho intramolecular Hbond substituents is 1. The second-order valence-corrected chi connectivity index (χ2v) is 4.28. The Morgan fingerprint density at radius 2 is 1.88 bits per heavy atom. The lowest BCUT2D eigenvalue weighted by molar-refractivity contribution is 0.112. The summed E-state index contributed by atoms with van der Waals surface area (Å²) >= 11 is 12.0. The predicted molar refractivity (Wildman–Crippen MR) is 69.0 cm³/mol. The average molecular weight is 267 g/mol. The van der Waals surface area contributed by atoms with Gasteiger partial charge in [-0.2, -0.15) is 0 Å². The fourth-order valence-electron chi connectivity index (χ4n) is 1.57. The molecule has 1 N–H and O–H groups in total. The highest BCUT2D eigenvalue weighted by Gasteiger charge is 2.11. The van der Waals surface area contributed by atoms with Crippen molar-refractivity contribution in [3.05, 3.63) is 52.0 Å². The lowest BCUT2D eigenvalue weighted by Gasteiger charge is -2.08. The summed E-state index contributed by atoms with van der Waals surface area (Å²) in [6.45, 7) is 0. The Morgan fingerprint density at radius 1 is 1.12 bits per heavy atom. The molecule has 0 radical (unpaired) electrons. The van der Waals surface area contributed by atoms with Gasteiger partial charge in [-0.1, -0.05) is 41.4 Å². The van der Waals surface area contributed by atoms with E-state index in [1.165, 1.54) is 0 Å². The topological polar surface area (TPSA) is 37.3 Å². The highest BCUT2D eigenvalue weighted by molar-refractivity contribution is 6.40. The maximum Gasteiger partial charge on any atom is 0.153 e. The quantitative estimate of drug-likeness (QED) is 0.829. The van der Waals surface area contributed by atoms with E-state index >= 15 is 0 Å². The average Bonchev–Trinajstić information content (AvgIpc) is 2.29. The molecular weight excluding hydrogens is 259 g/mol. The van der Waals surface area contributed by atoms with E-state index in [9.17, 15) is 9.90 Å². The van der Waals surface area contributed by atoms with Gasteiger partial charge in [-0.15, -0.1) is 0 Å². The molecule has 0 unspecified atom stereocenters. The molecule has 0 spiro atoms. The highest BCUT2D eigenvalue weighted by atomic mass is 35.5. The molecule has 0 amide bonds. The fourth-order valence-corrected chi connectivity index (χ4v) is 2.14. The summed E-state index contributed by atoms with van der Waals surface area (Å²) in [6, 6.07) is 9.96. The molecule has 0 heterocycles. The van der Waals surface area contributed by atoms with Crippen LogP contribution < -0.4 is 0 Å². The zero-order chi connectivity index (χ0) is 12.4. The Balaban J connectivity index is 2.64. The standard InChI is InChI=1S/C13H8Cl2O2/c14-12-5-4-10(13(15)11(12)7-16)8-2-1-3-9(17)6-8/h1-7,17H. The fraction of sp³-hybridized carbons (Fsp3) is 0. The normalized spacial score (nSPS) is 10.2. The number of carbonyl (C=O) groups is 1. The molecule has 0 aromatic heterocycles. The molecule has 0 saturated heterocycles. The number of benzene rings is 2. The lowest BCUT2D eigenvalue weighted by atomic mass is 10.0. The summed E-state index contributed by atoms with van der Waals surface area (Å²) in [5.74, 6) is 0.140. The maximum absolute atomic E-state index is 10.9. The van der Waals surface area contributed by atoms with Gasteiger partial charge in [0, 0.05) is 5.56 Å². The van der Waals surface area contributed by atoms with E-state index in [0.717, 1.165) is 5.56 Å². The van der Waals surface area contributed by atoms with Gasteiger partial charge in [-0.05, 0) is 23.8 Å². The van der Waals surface area contributed by atoms with Crippen molar-refractivity contribution in [2.24, 2.45) is 0 Å². The van der Waals surface area contributed by atoms with Crippen molar-refractivity contribution in [3.8, 4) is 16.9 Å². The molecule has 2 aromatic rings. The minimum atomic E-state index is 0.140. The van der Waals surface area contributed by atoms with E-state index in [1.54, 1.807) is 36.4 Å². The molecule has 86 valence electrons. The zero-order valence-electron chi connectivity index (χ0n) is 8.65. The number of aromatic hydroxyl groups is 1. The molecular formula is C13H8Cl2O2. The van der Waals surface area contributed by atoms with Crippen LogP contribution in [-0.4, -0.2) is 11.4 Å². The van der Waals surface area contributed by atoms with Crippen LogP contribution in [0.25, 0.3) is 11.1 Å². The number of halogens is 2. The molecule has 4 heteroatoms. The van der Waals surface area contributed by atoms with E-state index < -0.39 is 0 Å². The number of hydrogen-bond donors (Lipinski definition) is 1. The first-order valence-electron chi connectivity index (χ1n) is 4.86. The molecule has 2 rings (SSSR count). The summed E-state index contributed by atoms with van der Waals surface area (Å²) in [5, 5.41) is 10.0. The van der Waals surface area contributed by atoms with Crippen LogP contribution in [0.5, 0.6) is 5.75 Å². The summed E-state index contributed by atoms with van der Waals surface area (Å²) in [7, 11) is 0. The minimum Gasteiger partial charge on any atom is -0.508 e. The third kappa shape index (κ3) is 2.28. The van der Waals surface area contributed by atoms with Crippen molar-refractivity contribution in [2.75, 3.05) is 0 Å². The molecule has 0 atom stereocenters. The Bertz CT molecular complexity index is 580. The molecule has 0 saturated carbocycles. The summed E-state index contributed by atoms with van der Waals surface area (Å²) in [5.41, 5.74) is 1.65. The Hall–Kier alpha value is -1.51. The van der Waals surface area contributed by atoms with Crippen LogP contribution in [0.3, 0.4) is 0 Å². The molecule has 2 nitrogen and oxygen atoms in total. The van der Waals surface area contributed by atoms with Crippen LogP contribution in [0.1, 0.15) is 10.4 Å². The largest absolute Gasteiger partial charge is 0.508 e. The second-order valence-electron chi connectivity index (χ2n) is 3.49. The summed E-state index contributed by atoms with van der Waals surface area (Å²) < 4.78 is 0. The van der Waals surface area contributed by atoms with E-state index in [2.05, 4.69) is 0 Å². The summed E-state index contributed by atoms with van der Waals surface area (Å²) in [4.78, 5) is 10.9. The number of aldehydes is 1. The van der Waals surface area contributed by atoms with E-state index in [4.69, 9.17) is 23.2 Å². The van der Waals surface area contributed by atoms with E-state index in [-0.39, 0.29) is 16.3 Å². The van der Waals surface area contributed by atoms with Crippen LogP contribution in [0.2, 0.25) is 10.0 Å². The minimum absolute atomic E-state index is 0.140. The van der Waals surface area contributed by atoms with Crippen molar-refractivity contribution < 1.29 is 9.90 Å². The van der Waals surface area contributed by atoms with Crippen LogP contribution in [0, 0.1) is 0 Å². The third-order valence-electron chi connectivity index (χ3n) is 2.40. The molecule has 0 aliphatic rings. The smallest absolute Gasteiger partial charge is 0.153 e. The van der Waals surface area contributed by atoms with Gasteiger partial charge in [0.25, 0.3) is 0 Å². The van der Waals surface area contributed by atoms with Crippen molar-refractivity contribution >= 4 is 29.5 Å². The molecule has 2 aromatic carbocycles. The van der Waals surface area contributed by atoms with Gasteiger partial charge >= 0.3 is 0 Å². The Morgan fingerprint density at radius 3 is 2.53 bits per heavy atom. The van der Waals surface area contributed by atoms with Gasteiger partial charge < -0.3 is 5.11 Å². The summed E-state index contributed by atoms with van der Waals surface area (Å²) in [6.07, 6.45) is 0.622. The van der Waals surface area contributed by atoms with Crippen LogP contribution in [0.4, 0.5) is 0 Å². The van der Waals surface area contributed by atoms with Crippen LogP contribution in [0.15, 0.2) is 36.4 Å². The number of rotatable bonds is 2. The maximum atomic E-state index is 10.9. The zero-order valence-corrected chi connectivity index (χ0v) is 10.2. The van der Waals surface area contributed by atoms with Crippen molar-refractivity contribution in [2.45, 2.75) is 0 Å². The van der Waals surface area contributed by atoms with Crippen molar-refractivity contribution in [3.63, 3.8) is 0 Å². The molecule has 0 bridgehead atoms. The van der Waals surface area contributed by atoms with Gasteiger partial charge in [0.2, 0.25) is 0 Å². The first kappa shape index (κ1) is 12.0. The Labute approximate surface area is 108 Å². The SMILES string of the molecule is O=Cc1c(Cl)ccc(-c2cccc(O)c2)c1Cl. The van der Waals surface area contributed by atoms with Gasteiger partial charge in [0.1, 0.15) is 5.75 Å². The lowest BCUT2D eigenvalue weighted by Crippen LogP contribution is -1.88. The van der Waals surface area contributed by atoms with Gasteiger partial charge in [0.15, 0.2) is 6.29 Å². The van der Waals surface area contributed by atoms with Gasteiger partial charge in [-0.3, -0.25) is 4.79 Å². The molecule has 0 aliphatic carbocycles. The van der Waals surface area contributed by atoms with E-state index in [0.29, 0.717) is 16.9 Å².